The lowest BCUT2D eigenvalue weighted by Crippen LogP contribution is -2.33. The zero-order valence-electron chi connectivity index (χ0n) is 11.3. The van der Waals surface area contributed by atoms with E-state index in [1.165, 1.54) is 12.7 Å². The Morgan fingerprint density at radius 1 is 1.26 bits per heavy atom. The van der Waals surface area contributed by atoms with Gasteiger partial charge in [0.2, 0.25) is 5.95 Å². The number of nitrogens with zero attached hydrogens (tertiary/aromatic N) is 4. The fraction of sp³-hybridized carbons (Fsp3) is 0.462. The Labute approximate surface area is 112 Å². The number of hydrogen-bond acceptors (Lipinski definition) is 6. The summed E-state index contributed by atoms with van der Waals surface area (Å²) in [5, 5.41) is 3.22. The minimum absolute atomic E-state index is 0.168. The number of hydrogen-bond donors (Lipinski definition) is 1. The van der Waals surface area contributed by atoms with Crippen LogP contribution in [0.4, 0.5) is 5.95 Å². The summed E-state index contributed by atoms with van der Waals surface area (Å²) in [7, 11) is 0. The van der Waals surface area contributed by atoms with Crippen molar-refractivity contribution < 1.29 is 4.42 Å². The molecule has 2 aromatic rings. The fourth-order valence-electron chi connectivity index (χ4n) is 2.07. The van der Waals surface area contributed by atoms with Crippen LogP contribution in [0.3, 0.4) is 0 Å². The molecule has 19 heavy (non-hydrogen) atoms. The van der Waals surface area contributed by atoms with Gasteiger partial charge in [-0.1, -0.05) is 13.8 Å². The Balaban J connectivity index is 2.06. The number of furan rings is 1. The van der Waals surface area contributed by atoms with Gasteiger partial charge in [-0.05, 0) is 25.2 Å². The Hall–Kier alpha value is -1.95. The summed E-state index contributed by atoms with van der Waals surface area (Å²) < 4.78 is 5.53. The highest BCUT2D eigenvalue weighted by Gasteiger charge is 2.20. The molecule has 2 heterocycles. The molecule has 0 saturated carbocycles. The van der Waals surface area contributed by atoms with Crippen molar-refractivity contribution in [1.82, 2.24) is 19.9 Å². The smallest absolute Gasteiger partial charge is 0.225 e. The van der Waals surface area contributed by atoms with Gasteiger partial charge in [0.15, 0.2) is 0 Å². The molecule has 0 spiro atoms. The SMILES string of the molecule is CCN(CC)[C@H](CNc1ncncn1)c1ccco1. The van der Waals surface area contributed by atoms with Gasteiger partial charge in [-0.3, -0.25) is 4.90 Å². The highest BCUT2D eigenvalue weighted by Crippen LogP contribution is 2.21. The van der Waals surface area contributed by atoms with Crippen LogP contribution in [0.5, 0.6) is 0 Å². The number of nitrogens with one attached hydrogen (secondary N) is 1. The molecule has 0 aliphatic heterocycles. The molecular formula is C13H19N5O. The second-order valence-electron chi connectivity index (χ2n) is 4.10. The van der Waals surface area contributed by atoms with Crippen LogP contribution in [0.15, 0.2) is 35.5 Å². The molecule has 2 aromatic heterocycles. The first-order valence-corrected chi connectivity index (χ1v) is 6.48. The van der Waals surface area contributed by atoms with Crippen molar-refractivity contribution in [3.05, 3.63) is 36.8 Å². The number of likely N-dealkylation sites (N-methyl/N-ethyl adjacent to an activating group) is 1. The normalized spacial score (nSPS) is 12.6. The highest BCUT2D eigenvalue weighted by molar-refractivity contribution is 5.22. The molecule has 0 fully saturated rings. The van der Waals surface area contributed by atoms with E-state index in [9.17, 15) is 0 Å². The van der Waals surface area contributed by atoms with E-state index in [4.69, 9.17) is 4.42 Å². The summed E-state index contributed by atoms with van der Waals surface area (Å²) in [6.45, 7) is 6.89. The van der Waals surface area contributed by atoms with Crippen LogP contribution < -0.4 is 5.32 Å². The zero-order valence-corrected chi connectivity index (χ0v) is 11.3. The van der Waals surface area contributed by atoms with Gasteiger partial charge >= 0.3 is 0 Å². The summed E-state index contributed by atoms with van der Waals surface area (Å²) in [4.78, 5) is 14.2. The van der Waals surface area contributed by atoms with Gasteiger partial charge in [0.25, 0.3) is 0 Å². The molecule has 6 nitrogen and oxygen atoms in total. The third-order valence-electron chi connectivity index (χ3n) is 3.07. The Kier molecular flexibility index (Phi) is 4.85. The summed E-state index contributed by atoms with van der Waals surface area (Å²) in [5.74, 6) is 1.53. The Bertz CT molecular complexity index is 455. The van der Waals surface area contributed by atoms with Crippen LogP contribution in [-0.4, -0.2) is 39.5 Å². The second-order valence-corrected chi connectivity index (χ2v) is 4.10. The minimum atomic E-state index is 0.168. The lowest BCUT2D eigenvalue weighted by molar-refractivity contribution is 0.201. The topological polar surface area (TPSA) is 67.1 Å². The number of rotatable bonds is 7. The maximum absolute atomic E-state index is 5.53. The number of aromatic nitrogens is 3. The van der Waals surface area contributed by atoms with Crippen LogP contribution >= 0.6 is 0 Å². The molecule has 0 unspecified atom stereocenters. The monoisotopic (exact) mass is 261 g/mol. The van der Waals surface area contributed by atoms with Crippen molar-refractivity contribution in [3.8, 4) is 0 Å². The molecule has 1 atom stereocenters. The largest absolute Gasteiger partial charge is 0.468 e. The third kappa shape index (κ3) is 3.51. The molecule has 0 amide bonds. The van der Waals surface area contributed by atoms with E-state index in [2.05, 4.69) is 39.0 Å². The lowest BCUT2D eigenvalue weighted by atomic mass is 10.2. The van der Waals surface area contributed by atoms with Gasteiger partial charge in [0, 0.05) is 6.54 Å². The van der Waals surface area contributed by atoms with E-state index in [1.54, 1.807) is 6.26 Å². The average Bonchev–Trinajstić information content (AvgIpc) is 2.98. The van der Waals surface area contributed by atoms with Crippen molar-refractivity contribution in [2.45, 2.75) is 19.9 Å². The summed E-state index contributed by atoms with van der Waals surface area (Å²) in [5.41, 5.74) is 0. The first-order chi connectivity index (χ1) is 9.35. The van der Waals surface area contributed by atoms with Crippen molar-refractivity contribution >= 4 is 5.95 Å². The molecular weight excluding hydrogens is 242 g/mol. The van der Waals surface area contributed by atoms with Crippen LogP contribution in [0, 0.1) is 0 Å². The zero-order chi connectivity index (χ0) is 13.5. The highest BCUT2D eigenvalue weighted by atomic mass is 16.3. The standard InChI is InChI=1S/C13H19N5O/c1-3-18(4-2)11(12-6-5-7-19-12)8-15-13-16-9-14-10-17-13/h5-7,9-11H,3-4,8H2,1-2H3,(H,14,15,16,17)/t11-/m1/s1. The Morgan fingerprint density at radius 2 is 2.00 bits per heavy atom. The van der Waals surface area contributed by atoms with E-state index in [0.717, 1.165) is 18.8 Å². The molecule has 0 aromatic carbocycles. The van der Waals surface area contributed by atoms with Crippen LogP contribution in [0.25, 0.3) is 0 Å². The third-order valence-corrected chi connectivity index (χ3v) is 3.07. The van der Waals surface area contributed by atoms with Crippen molar-refractivity contribution in [2.24, 2.45) is 0 Å². The van der Waals surface area contributed by atoms with Crippen LogP contribution in [0.1, 0.15) is 25.6 Å². The van der Waals surface area contributed by atoms with E-state index in [-0.39, 0.29) is 6.04 Å². The van der Waals surface area contributed by atoms with Gasteiger partial charge < -0.3 is 9.73 Å². The van der Waals surface area contributed by atoms with Gasteiger partial charge in [0.1, 0.15) is 18.4 Å². The molecule has 0 aliphatic rings. The average molecular weight is 261 g/mol. The molecule has 1 N–H and O–H groups in total. The molecule has 0 bridgehead atoms. The quantitative estimate of drug-likeness (QED) is 0.821. The van der Waals surface area contributed by atoms with Crippen molar-refractivity contribution in [3.63, 3.8) is 0 Å². The molecule has 6 heteroatoms. The van der Waals surface area contributed by atoms with E-state index in [0.29, 0.717) is 12.5 Å². The number of anilines is 1. The predicted molar refractivity (Wildman–Crippen MR) is 72.7 cm³/mol. The maximum atomic E-state index is 5.53. The second kappa shape index (κ2) is 6.84. The fourth-order valence-corrected chi connectivity index (χ4v) is 2.07. The first-order valence-electron chi connectivity index (χ1n) is 6.48. The maximum Gasteiger partial charge on any atom is 0.225 e. The first kappa shape index (κ1) is 13.5. The lowest BCUT2D eigenvalue weighted by Gasteiger charge is -2.28. The van der Waals surface area contributed by atoms with Gasteiger partial charge in [0.05, 0.1) is 12.3 Å². The van der Waals surface area contributed by atoms with E-state index < -0.39 is 0 Å². The van der Waals surface area contributed by atoms with Gasteiger partial charge in [-0.15, -0.1) is 0 Å². The van der Waals surface area contributed by atoms with Crippen LogP contribution in [0.2, 0.25) is 0 Å². The minimum Gasteiger partial charge on any atom is -0.468 e. The molecule has 102 valence electrons. The van der Waals surface area contributed by atoms with Crippen molar-refractivity contribution in [2.75, 3.05) is 25.0 Å². The van der Waals surface area contributed by atoms with E-state index in [1.807, 2.05) is 12.1 Å². The van der Waals surface area contributed by atoms with E-state index >= 15 is 0 Å². The predicted octanol–water partition coefficient (Wildman–Crippen LogP) is 1.96. The van der Waals surface area contributed by atoms with Crippen LogP contribution in [-0.2, 0) is 0 Å². The summed E-state index contributed by atoms with van der Waals surface area (Å²) in [6, 6.07) is 4.08. The summed E-state index contributed by atoms with van der Waals surface area (Å²) in [6.07, 6.45) is 4.66. The molecule has 0 radical (unpaired) electrons. The van der Waals surface area contributed by atoms with Gasteiger partial charge in [-0.25, -0.2) is 15.0 Å². The molecule has 0 aliphatic carbocycles. The van der Waals surface area contributed by atoms with Gasteiger partial charge in [-0.2, -0.15) is 0 Å². The molecule has 0 saturated heterocycles. The molecule has 2 rings (SSSR count). The van der Waals surface area contributed by atoms with Crippen molar-refractivity contribution in [1.29, 1.82) is 0 Å². The summed E-state index contributed by atoms with van der Waals surface area (Å²) >= 11 is 0. The Morgan fingerprint density at radius 3 is 2.58 bits per heavy atom.